The van der Waals surface area contributed by atoms with Crippen LogP contribution in [0, 0.1) is 0 Å². The molecule has 2 aromatic rings. The van der Waals surface area contributed by atoms with Crippen molar-refractivity contribution in [1.82, 2.24) is 19.9 Å². The monoisotopic (exact) mass is 230 g/mol. The van der Waals surface area contributed by atoms with Crippen LogP contribution in [0.25, 0.3) is 0 Å². The average Bonchev–Trinajstić information content (AvgIpc) is 2.75. The number of nitrogens with zero attached hydrogens (tertiary/aromatic N) is 4. The van der Waals surface area contributed by atoms with E-state index >= 15 is 0 Å². The molecule has 0 N–H and O–H groups in total. The highest BCUT2D eigenvalue weighted by atomic mass is 15.4. The first-order valence-corrected chi connectivity index (χ1v) is 5.82. The number of hydrogen-bond acceptors (Lipinski definition) is 3. The van der Waals surface area contributed by atoms with Gasteiger partial charge in [0, 0.05) is 19.2 Å². The molecule has 4 heteroatoms. The minimum absolute atomic E-state index is 0.788. The molecule has 0 aliphatic rings. The number of rotatable bonds is 5. The van der Waals surface area contributed by atoms with Gasteiger partial charge in [-0.25, -0.2) is 4.68 Å². The Hall–Kier alpha value is -1.68. The van der Waals surface area contributed by atoms with Crippen LogP contribution in [-0.4, -0.2) is 40.5 Å². The summed E-state index contributed by atoms with van der Waals surface area (Å²) in [6, 6.07) is 10.3. The van der Waals surface area contributed by atoms with Crippen molar-refractivity contribution in [1.29, 1.82) is 0 Å². The van der Waals surface area contributed by atoms with Crippen LogP contribution in [0.2, 0.25) is 0 Å². The molecule has 1 aromatic heterocycles. The Bertz CT molecular complexity index is 447. The lowest BCUT2D eigenvalue weighted by Crippen LogP contribution is -2.15. The number of likely N-dealkylation sites (N-methyl/N-ethyl adjacent to an activating group) is 1. The van der Waals surface area contributed by atoms with Crippen LogP contribution in [0.1, 0.15) is 11.3 Å². The Kier molecular flexibility index (Phi) is 3.88. The first-order chi connectivity index (χ1) is 8.24. The second-order valence-corrected chi connectivity index (χ2v) is 4.45. The van der Waals surface area contributed by atoms with Crippen molar-refractivity contribution in [2.45, 2.75) is 13.0 Å². The largest absolute Gasteiger partial charge is 0.309 e. The molecule has 0 bridgehead atoms. The molecule has 0 saturated heterocycles. The van der Waals surface area contributed by atoms with Crippen LogP contribution in [0.15, 0.2) is 36.5 Å². The zero-order valence-electron chi connectivity index (χ0n) is 10.4. The molecular weight excluding hydrogens is 212 g/mol. The van der Waals surface area contributed by atoms with Gasteiger partial charge < -0.3 is 4.90 Å². The molecule has 0 saturated carbocycles. The van der Waals surface area contributed by atoms with Gasteiger partial charge in [-0.1, -0.05) is 35.5 Å². The Morgan fingerprint density at radius 1 is 1.18 bits per heavy atom. The summed E-state index contributed by atoms with van der Waals surface area (Å²) in [5, 5.41) is 8.31. The first kappa shape index (κ1) is 11.8. The molecule has 1 heterocycles. The van der Waals surface area contributed by atoms with Crippen LogP contribution in [0.5, 0.6) is 0 Å². The van der Waals surface area contributed by atoms with E-state index in [1.807, 2.05) is 29.1 Å². The summed E-state index contributed by atoms with van der Waals surface area (Å²) in [7, 11) is 4.13. The molecule has 2 rings (SSSR count). The number of benzene rings is 1. The minimum Gasteiger partial charge on any atom is -0.309 e. The second-order valence-electron chi connectivity index (χ2n) is 4.45. The average molecular weight is 230 g/mol. The highest BCUT2D eigenvalue weighted by molar-refractivity contribution is 5.14. The lowest BCUT2D eigenvalue weighted by molar-refractivity contribution is 0.411. The molecule has 90 valence electrons. The molecule has 0 aliphatic heterocycles. The summed E-state index contributed by atoms with van der Waals surface area (Å²) in [6.07, 6.45) is 2.97. The molecule has 0 unspecified atom stereocenters. The van der Waals surface area contributed by atoms with Gasteiger partial charge in [0.05, 0.1) is 12.2 Å². The van der Waals surface area contributed by atoms with Gasteiger partial charge in [0.15, 0.2) is 0 Å². The smallest absolute Gasteiger partial charge is 0.0840 e. The van der Waals surface area contributed by atoms with Crippen LogP contribution in [-0.2, 0) is 13.0 Å². The van der Waals surface area contributed by atoms with E-state index in [-0.39, 0.29) is 0 Å². The van der Waals surface area contributed by atoms with Crippen LogP contribution in [0.4, 0.5) is 0 Å². The Morgan fingerprint density at radius 2 is 1.94 bits per heavy atom. The lowest BCUT2D eigenvalue weighted by atomic mass is 10.2. The molecule has 0 radical (unpaired) electrons. The predicted molar refractivity (Wildman–Crippen MR) is 67.8 cm³/mol. The first-order valence-electron chi connectivity index (χ1n) is 5.82. The molecule has 0 aliphatic carbocycles. The van der Waals surface area contributed by atoms with Gasteiger partial charge in [-0.15, -0.1) is 5.10 Å². The number of hydrogen-bond donors (Lipinski definition) is 0. The molecule has 0 amide bonds. The standard InChI is InChI=1S/C13H18N4/c1-16(2)9-8-13-11-17(15-14-13)10-12-6-4-3-5-7-12/h3-7,11H,8-10H2,1-2H3. The number of aromatic nitrogens is 3. The molecule has 0 fully saturated rings. The van der Waals surface area contributed by atoms with Gasteiger partial charge in [-0.2, -0.15) is 0 Å². The highest BCUT2D eigenvalue weighted by Crippen LogP contribution is 2.02. The minimum atomic E-state index is 0.788. The molecular formula is C13H18N4. The van der Waals surface area contributed by atoms with Gasteiger partial charge in [0.25, 0.3) is 0 Å². The maximum atomic E-state index is 4.17. The predicted octanol–water partition coefficient (Wildman–Crippen LogP) is 1.43. The normalized spacial score (nSPS) is 11.0. The quantitative estimate of drug-likeness (QED) is 0.779. The van der Waals surface area contributed by atoms with E-state index in [0.717, 1.165) is 25.2 Å². The zero-order valence-corrected chi connectivity index (χ0v) is 10.4. The Morgan fingerprint density at radius 3 is 2.65 bits per heavy atom. The third-order valence-corrected chi connectivity index (χ3v) is 2.59. The maximum Gasteiger partial charge on any atom is 0.0840 e. The van der Waals surface area contributed by atoms with Gasteiger partial charge >= 0.3 is 0 Å². The van der Waals surface area contributed by atoms with Crippen molar-refractivity contribution >= 4 is 0 Å². The summed E-state index contributed by atoms with van der Waals surface area (Å²) in [5.74, 6) is 0. The summed E-state index contributed by atoms with van der Waals surface area (Å²) < 4.78 is 1.89. The highest BCUT2D eigenvalue weighted by Gasteiger charge is 2.02. The zero-order chi connectivity index (χ0) is 12.1. The van der Waals surface area contributed by atoms with Gasteiger partial charge in [0.1, 0.15) is 0 Å². The third kappa shape index (κ3) is 3.67. The molecule has 0 spiro atoms. The maximum absolute atomic E-state index is 4.17. The van der Waals surface area contributed by atoms with E-state index in [2.05, 4.69) is 41.4 Å². The van der Waals surface area contributed by atoms with E-state index in [1.165, 1.54) is 5.56 Å². The van der Waals surface area contributed by atoms with E-state index < -0.39 is 0 Å². The molecule has 0 atom stereocenters. The van der Waals surface area contributed by atoms with Crippen LogP contribution in [0.3, 0.4) is 0 Å². The summed E-state index contributed by atoms with van der Waals surface area (Å²) >= 11 is 0. The van der Waals surface area contributed by atoms with Crippen molar-refractivity contribution in [2.24, 2.45) is 0 Å². The Labute approximate surface area is 102 Å². The van der Waals surface area contributed by atoms with Crippen molar-refractivity contribution < 1.29 is 0 Å². The topological polar surface area (TPSA) is 34.0 Å². The van der Waals surface area contributed by atoms with E-state index in [0.29, 0.717) is 0 Å². The van der Waals surface area contributed by atoms with Crippen molar-refractivity contribution in [2.75, 3.05) is 20.6 Å². The van der Waals surface area contributed by atoms with Gasteiger partial charge in [-0.3, -0.25) is 0 Å². The third-order valence-electron chi connectivity index (χ3n) is 2.59. The van der Waals surface area contributed by atoms with E-state index in [4.69, 9.17) is 0 Å². The van der Waals surface area contributed by atoms with Crippen molar-refractivity contribution in [3.05, 3.63) is 47.8 Å². The van der Waals surface area contributed by atoms with Crippen LogP contribution >= 0.6 is 0 Å². The summed E-state index contributed by atoms with van der Waals surface area (Å²) in [6.45, 7) is 1.79. The fourth-order valence-electron chi connectivity index (χ4n) is 1.64. The van der Waals surface area contributed by atoms with Gasteiger partial charge in [0.2, 0.25) is 0 Å². The molecule has 1 aromatic carbocycles. The van der Waals surface area contributed by atoms with Gasteiger partial charge in [-0.05, 0) is 19.7 Å². The molecule has 17 heavy (non-hydrogen) atoms. The van der Waals surface area contributed by atoms with E-state index in [1.54, 1.807) is 0 Å². The summed E-state index contributed by atoms with van der Waals surface area (Å²) in [5.41, 5.74) is 2.30. The lowest BCUT2D eigenvalue weighted by Gasteiger charge is -2.06. The summed E-state index contributed by atoms with van der Waals surface area (Å²) in [4.78, 5) is 2.15. The Balaban J connectivity index is 1.94. The SMILES string of the molecule is CN(C)CCc1cn(Cc2ccccc2)nn1. The van der Waals surface area contributed by atoms with Crippen molar-refractivity contribution in [3.63, 3.8) is 0 Å². The van der Waals surface area contributed by atoms with Crippen LogP contribution < -0.4 is 0 Å². The molecule has 4 nitrogen and oxygen atoms in total. The second kappa shape index (κ2) is 5.59. The fourth-order valence-corrected chi connectivity index (χ4v) is 1.64. The van der Waals surface area contributed by atoms with E-state index in [9.17, 15) is 0 Å². The van der Waals surface area contributed by atoms with Crippen molar-refractivity contribution in [3.8, 4) is 0 Å². The fraction of sp³-hybridized carbons (Fsp3) is 0.385.